The van der Waals surface area contributed by atoms with Crippen LogP contribution in [-0.2, 0) is 13.5 Å². The van der Waals surface area contributed by atoms with E-state index >= 15 is 0 Å². The van der Waals surface area contributed by atoms with Crippen molar-refractivity contribution in [3.05, 3.63) is 51.8 Å². The van der Waals surface area contributed by atoms with E-state index in [-0.39, 0.29) is 17.3 Å². The Labute approximate surface area is 138 Å². The second-order valence-corrected chi connectivity index (χ2v) is 5.44. The van der Waals surface area contributed by atoms with Crippen molar-refractivity contribution in [2.75, 3.05) is 19.8 Å². The number of carbonyl (C=O) groups is 1. The van der Waals surface area contributed by atoms with Crippen LogP contribution in [0.5, 0.6) is 11.5 Å². The number of aromatic nitrogens is 1. The molecule has 0 saturated carbocycles. The number of ether oxygens (including phenoxy) is 2. The van der Waals surface area contributed by atoms with Gasteiger partial charge in [-0.2, -0.15) is 0 Å². The molecule has 0 fully saturated rings. The van der Waals surface area contributed by atoms with Gasteiger partial charge in [-0.05, 0) is 24.1 Å². The maximum Gasteiger partial charge on any atom is 0.287 e. The highest BCUT2D eigenvalue weighted by atomic mass is 16.6. The largest absolute Gasteiger partial charge is 0.486 e. The minimum atomic E-state index is -0.522. The molecule has 1 aliphatic rings. The van der Waals surface area contributed by atoms with Crippen LogP contribution in [0.15, 0.2) is 30.5 Å². The van der Waals surface area contributed by atoms with Gasteiger partial charge in [0.2, 0.25) is 0 Å². The van der Waals surface area contributed by atoms with Crippen molar-refractivity contribution in [3.63, 3.8) is 0 Å². The van der Waals surface area contributed by atoms with Crippen LogP contribution in [-0.4, -0.2) is 35.2 Å². The van der Waals surface area contributed by atoms with Crippen molar-refractivity contribution in [2.45, 2.75) is 6.42 Å². The molecular weight excluding hydrogens is 314 g/mol. The van der Waals surface area contributed by atoms with E-state index in [1.165, 1.54) is 16.8 Å². The molecule has 0 unspecified atom stereocenters. The first-order valence-electron chi connectivity index (χ1n) is 7.52. The molecule has 1 aromatic carbocycles. The molecule has 8 heteroatoms. The minimum absolute atomic E-state index is 0.102. The summed E-state index contributed by atoms with van der Waals surface area (Å²) in [4.78, 5) is 22.3. The number of amides is 1. The van der Waals surface area contributed by atoms with Gasteiger partial charge in [-0.3, -0.25) is 14.9 Å². The monoisotopic (exact) mass is 331 g/mol. The fourth-order valence-electron chi connectivity index (χ4n) is 2.53. The van der Waals surface area contributed by atoms with Gasteiger partial charge in [0.05, 0.1) is 11.1 Å². The van der Waals surface area contributed by atoms with Crippen LogP contribution in [0.1, 0.15) is 16.1 Å². The normalized spacial score (nSPS) is 12.7. The van der Waals surface area contributed by atoms with Crippen LogP contribution in [0.3, 0.4) is 0 Å². The van der Waals surface area contributed by atoms with E-state index in [9.17, 15) is 14.9 Å². The first-order chi connectivity index (χ1) is 11.5. The molecule has 1 N–H and O–H groups in total. The molecule has 3 rings (SSSR count). The lowest BCUT2D eigenvalue weighted by Crippen LogP contribution is -2.27. The molecule has 0 radical (unpaired) electrons. The number of nitrogens with one attached hydrogen (secondary N) is 1. The minimum Gasteiger partial charge on any atom is -0.486 e. The summed E-state index contributed by atoms with van der Waals surface area (Å²) < 4.78 is 12.4. The Hall–Kier alpha value is -3.03. The Morgan fingerprint density at radius 2 is 2.04 bits per heavy atom. The van der Waals surface area contributed by atoms with Gasteiger partial charge in [-0.25, -0.2) is 0 Å². The van der Waals surface area contributed by atoms with E-state index in [2.05, 4.69) is 5.32 Å². The predicted molar refractivity (Wildman–Crippen MR) is 85.5 cm³/mol. The molecule has 126 valence electrons. The van der Waals surface area contributed by atoms with E-state index in [1.807, 2.05) is 18.2 Å². The number of hydrogen-bond donors (Lipinski definition) is 1. The van der Waals surface area contributed by atoms with Gasteiger partial charge in [-0.15, -0.1) is 0 Å². The summed E-state index contributed by atoms with van der Waals surface area (Å²) in [6.45, 7) is 1.49. The SMILES string of the molecule is Cn1cc([N+](=O)[O-])cc1C(=O)NCCc1ccc2c(c1)OCCO2. The summed E-state index contributed by atoms with van der Waals surface area (Å²) >= 11 is 0. The smallest absolute Gasteiger partial charge is 0.287 e. The van der Waals surface area contributed by atoms with Crippen molar-refractivity contribution in [3.8, 4) is 11.5 Å². The summed E-state index contributed by atoms with van der Waals surface area (Å²) in [7, 11) is 1.60. The first-order valence-corrected chi connectivity index (χ1v) is 7.52. The van der Waals surface area contributed by atoms with Gasteiger partial charge < -0.3 is 19.4 Å². The molecule has 0 aliphatic carbocycles. The molecule has 2 aromatic rings. The van der Waals surface area contributed by atoms with Gasteiger partial charge in [0.1, 0.15) is 18.9 Å². The maximum atomic E-state index is 12.1. The third-order valence-corrected chi connectivity index (χ3v) is 3.74. The standard InChI is InChI=1S/C16H17N3O5/c1-18-10-12(19(21)22)9-13(18)16(20)17-5-4-11-2-3-14-15(8-11)24-7-6-23-14/h2-3,8-10H,4-7H2,1H3,(H,17,20). The molecule has 2 heterocycles. The fraction of sp³-hybridized carbons (Fsp3) is 0.312. The summed E-state index contributed by atoms with van der Waals surface area (Å²) in [5, 5.41) is 13.5. The zero-order valence-electron chi connectivity index (χ0n) is 13.2. The average Bonchev–Trinajstić information content (AvgIpc) is 2.97. The zero-order valence-corrected chi connectivity index (χ0v) is 13.2. The lowest BCUT2D eigenvalue weighted by atomic mass is 10.1. The van der Waals surface area contributed by atoms with E-state index in [4.69, 9.17) is 9.47 Å². The van der Waals surface area contributed by atoms with Crippen molar-refractivity contribution in [2.24, 2.45) is 7.05 Å². The Kier molecular flexibility index (Phi) is 4.37. The second kappa shape index (κ2) is 6.61. The molecule has 0 atom stereocenters. The molecule has 0 bridgehead atoms. The van der Waals surface area contributed by atoms with Gasteiger partial charge in [-0.1, -0.05) is 6.07 Å². The van der Waals surface area contributed by atoms with E-state index in [0.29, 0.717) is 31.9 Å². The number of nitrogens with zero attached hydrogens (tertiary/aromatic N) is 2. The van der Waals surface area contributed by atoms with Crippen molar-refractivity contribution >= 4 is 11.6 Å². The summed E-state index contributed by atoms with van der Waals surface area (Å²) in [5.74, 6) is 1.09. The first kappa shape index (κ1) is 15.9. The molecule has 0 spiro atoms. The molecule has 0 saturated heterocycles. The van der Waals surface area contributed by atoms with Crippen LogP contribution in [0.4, 0.5) is 5.69 Å². The second-order valence-electron chi connectivity index (χ2n) is 5.44. The Morgan fingerprint density at radius 3 is 2.75 bits per heavy atom. The van der Waals surface area contributed by atoms with Gasteiger partial charge in [0.25, 0.3) is 11.6 Å². The third-order valence-electron chi connectivity index (χ3n) is 3.74. The van der Waals surface area contributed by atoms with Crippen molar-refractivity contribution < 1.29 is 19.2 Å². The molecule has 8 nitrogen and oxygen atoms in total. The highest BCUT2D eigenvalue weighted by Crippen LogP contribution is 2.30. The molecule has 1 aliphatic heterocycles. The lowest BCUT2D eigenvalue weighted by molar-refractivity contribution is -0.384. The quantitative estimate of drug-likeness (QED) is 0.664. The van der Waals surface area contributed by atoms with Gasteiger partial charge in [0, 0.05) is 19.7 Å². The van der Waals surface area contributed by atoms with Crippen LogP contribution in [0, 0.1) is 10.1 Å². The van der Waals surface area contributed by atoms with Gasteiger partial charge >= 0.3 is 0 Å². The average molecular weight is 331 g/mol. The summed E-state index contributed by atoms with van der Waals surface area (Å²) in [6, 6.07) is 6.94. The number of hydrogen-bond acceptors (Lipinski definition) is 5. The molecule has 24 heavy (non-hydrogen) atoms. The molecule has 1 amide bonds. The van der Waals surface area contributed by atoms with Crippen LogP contribution in [0.25, 0.3) is 0 Å². The van der Waals surface area contributed by atoms with E-state index in [1.54, 1.807) is 7.05 Å². The highest BCUT2D eigenvalue weighted by molar-refractivity contribution is 5.93. The molecular formula is C16H17N3O5. The number of fused-ring (bicyclic) bond motifs is 1. The zero-order chi connectivity index (χ0) is 17.1. The Balaban J connectivity index is 1.58. The number of carbonyl (C=O) groups excluding carboxylic acids is 1. The van der Waals surface area contributed by atoms with Crippen LogP contribution in [0.2, 0.25) is 0 Å². The van der Waals surface area contributed by atoms with E-state index in [0.717, 1.165) is 11.3 Å². The van der Waals surface area contributed by atoms with Crippen molar-refractivity contribution in [1.82, 2.24) is 9.88 Å². The highest BCUT2D eigenvalue weighted by Gasteiger charge is 2.17. The number of rotatable bonds is 5. The lowest BCUT2D eigenvalue weighted by Gasteiger charge is -2.18. The predicted octanol–water partition coefficient (Wildman–Crippen LogP) is 1.68. The number of aryl methyl sites for hydroxylation is 1. The fourth-order valence-corrected chi connectivity index (χ4v) is 2.53. The van der Waals surface area contributed by atoms with Crippen LogP contribution < -0.4 is 14.8 Å². The molecule has 1 aromatic heterocycles. The van der Waals surface area contributed by atoms with Crippen LogP contribution >= 0.6 is 0 Å². The summed E-state index contributed by atoms with van der Waals surface area (Å²) in [5.41, 5.74) is 1.16. The van der Waals surface area contributed by atoms with E-state index < -0.39 is 4.92 Å². The Morgan fingerprint density at radius 1 is 1.29 bits per heavy atom. The number of benzene rings is 1. The van der Waals surface area contributed by atoms with Crippen molar-refractivity contribution in [1.29, 1.82) is 0 Å². The number of nitro groups is 1. The maximum absolute atomic E-state index is 12.1. The summed E-state index contributed by atoms with van der Waals surface area (Å²) in [6.07, 6.45) is 1.94. The Bertz CT molecular complexity index is 784. The van der Waals surface area contributed by atoms with Gasteiger partial charge in [0.15, 0.2) is 11.5 Å². The third kappa shape index (κ3) is 3.32. The topological polar surface area (TPSA) is 95.6 Å².